The summed E-state index contributed by atoms with van der Waals surface area (Å²) in [6.07, 6.45) is -6.66. The number of ketones is 2. The normalized spacial score (nSPS) is 27.2. The van der Waals surface area contributed by atoms with Crippen molar-refractivity contribution < 1.29 is 38.8 Å². The van der Waals surface area contributed by atoms with Gasteiger partial charge >= 0.3 is 0 Å². The van der Waals surface area contributed by atoms with E-state index >= 15 is 0 Å². The summed E-state index contributed by atoms with van der Waals surface area (Å²) in [5.74, 6) is -2.08. The molecule has 0 radical (unpaired) electrons. The summed E-state index contributed by atoms with van der Waals surface area (Å²) in [5, 5.41) is 31.0. The molecule has 1 saturated heterocycles. The molecule has 1 aliphatic carbocycles. The van der Waals surface area contributed by atoms with Gasteiger partial charge in [0.15, 0.2) is 29.2 Å². The second kappa shape index (κ2) is 7.33. The van der Waals surface area contributed by atoms with Crippen LogP contribution in [-0.4, -0.2) is 62.6 Å². The fourth-order valence-electron chi connectivity index (χ4n) is 4.19. The highest BCUT2D eigenvalue weighted by atomic mass is 19.1. The molecule has 0 spiro atoms. The van der Waals surface area contributed by atoms with Crippen LogP contribution in [0.15, 0.2) is 42.6 Å². The highest BCUT2D eigenvalue weighted by Crippen LogP contribution is 2.45. The maximum atomic E-state index is 14.7. The van der Waals surface area contributed by atoms with Gasteiger partial charge < -0.3 is 24.8 Å². The number of alkyl halides is 1. The summed E-state index contributed by atoms with van der Waals surface area (Å²) in [6, 6.07) is 9.34. The Bertz CT molecular complexity index is 1280. The number of phenolic OH excluding ortho intramolecular Hbond substituents is 1. The molecular weight excluding hydrogens is 421 g/mol. The average Bonchev–Trinajstić information content (AvgIpc) is 2.80. The quantitative estimate of drug-likeness (QED) is 0.432. The van der Waals surface area contributed by atoms with Gasteiger partial charge in [-0.15, -0.1) is 0 Å². The first-order valence-electron chi connectivity index (χ1n) is 9.95. The molecule has 1 fully saturated rings. The fourth-order valence-corrected chi connectivity index (χ4v) is 4.19. The summed E-state index contributed by atoms with van der Waals surface area (Å²) < 4.78 is 25.6. The number of aliphatic hydroxyl groups is 2. The number of aromatic nitrogens is 1. The first kappa shape index (κ1) is 20.5. The number of pyridine rings is 1. The Balaban J connectivity index is 1.70. The summed E-state index contributed by atoms with van der Waals surface area (Å²) in [4.78, 5) is 30.6. The molecule has 1 aromatic heterocycles. The number of carbonyl (C=O) groups excluding carboxylic acids is 2. The topological polar surface area (TPSA) is 126 Å². The number of ether oxygens (including phenoxy) is 2. The molecule has 3 N–H and O–H groups in total. The highest BCUT2D eigenvalue weighted by Gasteiger charge is 2.45. The molecule has 9 heteroatoms. The SMILES string of the molecule is C[C@@H]1O[C@@H](Oc2c(O)c3c(c4cccnc24)C(=O)c2ccccc2C3=O)[C@H](F)[C@H](O)[C@H]1O. The molecule has 5 rings (SSSR count). The van der Waals surface area contributed by atoms with Crippen LogP contribution in [0.3, 0.4) is 0 Å². The third-order valence-corrected chi connectivity index (χ3v) is 5.86. The van der Waals surface area contributed by atoms with Crippen molar-refractivity contribution >= 4 is 22.5 Å². The molecule has 8 nitrogen and oxygen atoms in total. The number of benzene rings is 2. The number of fused-ring (bicyclic) bond motifs is 4. The standard InChI is InChI=1S/C23H18FNO7/c1-9-17(26)21(30)15(24)23(31-9)32-22-16-12(7-4-8-25-16)13-14(20(22)29)19(28)11-6-3-2-5-10(11)18(13)27/h2-9,15,17,21,23,26,29-30H,1H3/t9-,15+,17-,21-,23-/m0/s1. The number of phenols is 1. The lowest BCUT2D eigenvalue weighted by molar-refractivity contribution is -0.251. The number of aromatic hydroxyl groups is 1. The molecule has 1 aliphatic heterocycles. The van der Waals surface area contributed by atoms with Crippen molar-refractivity contribution in [3.8, 4) is 11.5 Å². The molecule has 164 valence electrons. The molecule has 32 heavy (non-hydrogen) atoms. The average molecular weight is 439 g/mol. The van der Waals surface area contributed by atoms with Crippen LogP contribution < -0.4 is 4.74 Å². The largest absolute Gasteiger partial charge is 0.504 e. The van der Waals surface area contributed by atoms with Crippen LogP contribution in [0.25, 0.3) is 10.9 Å². The summed E-state index contributed by atoms with van der Waals surface area (Å²) in [7, 11) is 0. The second-order valence-corrected chi connectivity index (χ2v) is 7.78. The Morgan fingerprint density at radius 2 is 1.66 bits per heavy atom. The van der Waals surface area contributed by atoms with E-state index in [1.54, 1.807) is 24.3 Å². The molecule has 0 unspecified atom stereocenters. The predicted octanol–water partition coefficient (Wildman–Crippen LogP) is 1.90. The van der Waals surface area contributed by atoms with Crippen molar-refractivity contribution in [2.24, 2.45) is 0 Å². The molecule has 2 aliphatic rings. The molecule has 0 saturated carbocycles. The summed E-state index contributed by atoms with van der Waals surface area (Å²) in [5.41, 5.74) is 0.0526. The van der Waals surface area contributed by atoms with E-state index in [4.69, 9.17) is 9.47 Å². The second-order valence-electron chi connectivity index (χ2n) is 7.78. The lowest BCUT2D eigenvalue weighted by Gasteiger charge is -2.38. The van der Waals surface area contributed by atoms with Gasteiger partial charge in [-0.2, -0.15) is 0 Å². The Kier molecular flexibility index (Phi) is 4.70. The molecular formula is C23H18FNO7. The van der Waals surface area contributed by atoms with Crippen LogP contribution in [0.5, 0.6) is 11.5 Å². The summed E-state index contributed by atoms with van der Waals surface area (Å²) >= 11 is 0. The van der Waals surface area contributed by atoms with Crippen molar-refractivity contribution in [1.82, 2.24) is 4.98 Å². The Hall–Kier alpha value is -3.40. The van der Waals surface area contributed by atoms with E-state index in [1.807, 2.05) is 0 Å². The van der Waals surface area contributed by atoms with E-state index in [9.17, 15) is 29.3 Å². The Morgan fingerprint density at radius 3 is 2.34 bits per heavy atom. The van der Waals surface area contributed by atoms with Gasteiger partial charge in [0.1, 0.15) is 17.7 Å². The Morgan fingerprint density at radius 1 is 1.00 bits per heavy atom. The van der Waals surface area contributed by atoms with Crippen molar-refractivity contribution in [2.75, 3.05) is 0 Å². The van der Waals surface area contributed by atoms with Gasteiger partial charge in [0.05, 0.1) is 11.7 Å². The molecule has 2 aromatic carbocycles. The Labute approximate surface area is 180 Å². The zero-order valence-electron chi connectivity index (χ0n) is 16.7. The first-order valence-corrected chi connectivity index (χ1v) is 9.95. The van der Waals surface area contributed by atoms with Crippen LogP contribution >= 0.6 is 0 Å². The minimum absolute atomic E-state index is 0.0214. The maximum absolute atomic E-state index is 14.7. The molecule has 2 heterocycles. The number of carbonyl (C=O) groups is 2. The monoisotopic (exact) mass is 439 g/mol. The third kappa shape index (κ3) is 2.82. The summed E-state index contributed by atoms with van der Waals surface area (Å²) in [6.45, 7) is 1.43. The number of hydrogen-bond acceptors (Lipinski definition) is 8. The number of hydrogen-bond donors (Lipinski definition) is 3. The van der Waals surface area contributed by atoms with Gasteiger partial charge in [-0.1, -0.05) is 30.3 Å². The zero-order chi connectivity index (χ0) is 22.7. The van der Waals surface area contributed by atoms with E-state index in [0.717, 1.165) is 0 Å². The molecule has 3 aromatic rings. The number of nitrogens with zero attached hydrogens (tertiary/aromatic N) is 1. The van der Waals surface area contributed by atoms with Gasteiger partial charge in [0.25, 0.3) is 0 Å². The number of halogens is 1. The number of rotatable bonds is 2. The van der Waals surface area contributed by atoms with E-state index in [-0.39, 0.29) is 38.9 Å². The zero-order valence-corrected chi connectivity index (χ0v) is 16.7. The highest BCUT2D eigenvalue weighted by molar-refractivity contribution is 6.33. The third-order valence-electron chi connectivity index (χ3n) is 5.86. The lowest BCUT2D eigenvalue weighted by atomic mass is 9.81. The predicted molar refractivity (Wildman–Crippen MR) is 109 cm³/mol. The van der Waals surface area contributed by atoms with Crippen molar-refractivity contribution in [1.29, 1.82) is 0 Å². The van der Waals surface area contributed by atoms with E-state index in [0.29, 0.717) is 0 Å². The van der Waals surface area contributed by atoms with Crippen LogP contribution in [0, 0.1) is 0 Å². The van der Waals surface area contributed by atoms with Gasteiger partial charge in [-0.3, -0.25) is 14.6 Å². The van der Waals surface area contributed by atoms with Gasteiger partial charge in [0.2, 0.25) is 6.29 Å². The maximum Gasteiger partial charge on any atom is 0.234 e. The number of aliphatic hydroxyl groups excluding tert-OH is 2. The van der Waals surface area contributed by atoms with Gasteiger partial charge in [0, 0.05) is 28.3 Å². The first-order chi connectivity index (χ1) is 15.3. The minimum atomic E-state index is -2.14. The lowest BCUT2D eigenvalue weighted by Crippen LogP contribution is -2.56. The van der Waals surface area contributed by atoms with Crippen LogP contribution in [0.2, 0.25) is 0 Å². The van der Waals surface area contributed by atoms with Crippen LogP contribution in [0.1, 0.15) is 38.8 Å². The smallest absolute Gasteiger partial charge is 0.234 e. The van der Waals surface area contributed by atoms with Crippen molar-refractivity contribution in [3.63, 3.8) is 0 Å². The van der Waals surface area contributed by atoms with E-state index in [2.05, 4.69) is 4.98 Å². The molecule has 0 bridgehead atoms. The van der Waals surface area contributed by atoms with Crippen LogP contribution in [-0.2, 0) is 4.74 Å². The van der Waals surface area contributed by atoms with Gasteiger partial charge in [-0.25, -0.2) is 4.39 Å². The molecule has 5 atom stereocenters. The van der Waals surface area contributed by atoms with Crippen LogP contribution in [0.4, 0.5) is 4.39 Å². The minimum Gasteiger partial charge on any atom is -0.504 e. The fraction of sp³-hybridized carbons (Fsp3) is 0.261. The van der Waals surface area contributed by atoms with Crippen molar-refractivity contribution in [3.05, 3.63) is 64.8 Å². The van der Waals surface area contributed by atoms with E-state index in [1.165, 1.54) is 25.3 Å². The van der Waals surface area contributed by atoms with Crippen molar-refractivity contribution in [2.45, 2.75) is 37.7 Å². The molecule has 0 amide bonds. The van der Waals surface area contributed by atoms with E-state index < -0.39 is 48.1 Å². The van der Waals surface area contributed by atoms with Gasteiger partial charge in [-0.05, 0) is 13.0 Å².